The van der Waals surface area contributed by atoms with E-state index in [1.54, 1.807) is 0 Å². The highest BCUT2D eigenvalue weighted by Crippen LogP contribution is 2.51. The van der Waals surface area contributed by atoms with Crippen molar-refractivity contribution in [1.82, 2.24) is 0 Å². The highest BCUT2D eigenvalue weighted by molar-refractivity contribution is 8.01. The van der Waals surface area contributed by atoms with Gasteiger partial charge in [0.1, 0.15) is 4.75 Å². The number of aliphatic carboxylic acids is 1. The van der Waals surface area contributed by atoms with E-state index in [-0.39, 0.29) is 0 Å². The summed E-state index contributed by atoms with van der Waals surface area (Å²) in [5, 5.41) is 9.33. The van der Waals surface area contributed by atoms with Gasteiger partial charge < -0.3 is 5.11 Å². The maximum absolute atomic E-state index is 11.3. The van der Waals surface area contributed by atoms with Crippen LogP contribution in [-0.4, -0.2) is 15.8 Å². The van der Waals surface area contributed by atoms with Crippen molar-refractivity contribution < 1.29 is 9.90 Å². The van der Waals surface area contributed by atoms with Gasteiger partial charge in [-0.05, 0) is 37.3 Å². The van der Waals surface area contributed by atoms with Crippen LogP contribution < -0.4 is 0 Å². The van der Waals surface area contributed by atoms with E-state index in [1.807, 2.05) is 31.2 Å². The average molecular weight is 236 g/mol. The lowest BCUT2D eigenvalue weighted by atomic mass is 9.75. The molecule has 2 nitrogen and oxygen atoms in total. The lowest BCUT2D eigenvalue weighted by Gasteiger charge is -2.42. The Morgan fingerprint density at radius 2 is 2.06 bits per heavy atom. The Bertz CT molecular complexity index is 408. The van der Waals surface area contributed by atoms with Gasteiger partial charge in [0.05, 0.1) is 0 Å². The van der Waals surface area contributed by atoms with Crippen LogP contribution in [0, 0.1) is 12.8 Å². The largest absolute Gasteiger partial charge is 0.480 e. The number of thioether (sulfide) groups is 1. The molecule has 16 heavy (non-hydrogen) atoms. The molecule has 1 aliphatic rings. The van der Waals surface area contributed by atoms with Crippen LogP contribution in [0.15, 0.2) is 29.2 Å². The van der Waals surface area contributed by atoms with Crippen LogP contribution in [0.4, 0.5) is 0 Å². The highest BCUT2D eigenvalue weighted by Gasteiger charge is 2.49. The second kappa shape index (κ2) is 4.13. The van der Waals surface area contributed by atoms with Gasteiger partial charge in [0.2, 0.25) is 0 Å². The van der Waals surface area contributed by atoms with Gasteiger partial charge in [-0.25, -0.2) is 0 Å². The SMILES string of the molecule is Cc1ccccc1SC1(C(=O)O)CC(C)C1. The Labute approximate surface area is 100 Å². The van der Waals surface area contributed by atoms with Gasteiger partial charge in [0.15, 0.2) is 0 Å². The van der Waals surface area contributed by atoms with E-state index in [9.17, 15) is 9.90 Å². The summed E-state index contributed by atoms with van der Waals surface area (Å²) in [6, 6.07) is 7.98. The van der Waals surface area contributed by atoms with Crippen LogP contribution >= 0.6 is 11.8 Å². The first-order valence-electron chi connectivity index (χ1n) is 5.51. The molecule has 0 aromatic heterocycles. The third-order valence-corrected chi connectivity index (χ3v) is 4.72. The number of carboxylic acids is 1. The molecule has 0 radical (unpaired) electrons. The summed E-state index contributed by atoms with van der Waals surface area (Å²) in [4.78, 5) is 12.4. The third-order valence-electron chi connectivity index (χ3n) is 3.15. The summed E-state index contributed by atoms with van der Waals surface area (Å²) in [5.74, 6) is -0.133. The average Bonchev–Trinajstić information content (AvgIpc) is 2.18. The second-order valence-corrected chi connectivity index (χ2v) is 6.11. The minimum atomic E-state index is -0.668. The fourth-order valence-electron chi connectivity index (χ4n) is 2.25. The van der Waals surface area contributed by atoms with Crippen LogP contribution in [0.2, 0.25) is 0 Å². The van der Waals surface area contributed by atoms with Crippen LogP contribution in [0.5, 0.6) is 0 Å². The first kappa shape index (κ1) is 11.5. The summed E-state index contributed by atoms with van der Waals surface area (Å²) in [6.07, 6.45) is 1.56. The van der Waals surface area contributed by atoms with Gasteiger partial charge >= 0.3 is 5.97 Å². The quantitative estimate of drug-likeness (QED) is 0.874. The van der Waals surface area contributed by atoms with E-state index >= 15 is 0 Å². The minimum absolute atomic E-state index is 0.535. The van der Waals surface area contributed by atoms with Crippen LogP contribution in [0.25, 0.3) is 0 Å². The number of rotatable bonds is 3. The molecule has 0 saturated heterocycles. The molecule has 0 unspecified atom stereocenters. The monoisotopic (exact) mass is 236 g/mol. The molecule has 0 spiro atoms. The molecule has 0 heterocycles. The summed E-state index contributed by atoms with van der Waals surface area (Å²) < 4.78 is -0.578. The predicted molar refractivity (Wildman–Crippen MR) is 65.8 cm³/mol. The molecule has 2 rings (SSSR count). The van der Waals surface area contributed by atoms with Gasteiger partial charge in [-0.3, -0.25) is 4.79 Å². The zero-order valence-electron chi connectivity index (χ0n) is 9.56. The predicted octanol–water partition coefficient (Wildman–Crippen LogP) is 3.34. The fraction of sp³-hybridized carbons (Fsp3) is 0.462. The maximum atomic E-state index is 11.3. The Balaban J connectivity index is 2.20. The Hall–Kier alpha value is -0.960. The molecule has 1 fully saturated rings. The fourth-order valence-corrected chi connectivity index (χ4v) is 3.87. The zero-order chi connectivity index (χ0) is 11.8. The van der Waals surface area contributed by atoms with E-state index in [1.165, 1.54) is 11.8 Å². The first-order valence-corrected chi connectivity index (χ1v) is 6.33. The molecule has 1 aromatic carbocycles. The van der Waals surface area contributed by atoms with Gasteiger partial charge in [-0.15, -0.1) is 11.8 Å². The molecule has 3 heteroatoms. The Morgan fingerprint density at radius 3 is 2.56 bits per heavy atom. The molecule has 1 aliphatic carbocycles. The number of aryl methyl sites for hydroxylation is 1. The van der Waals surface area contributed by atoms with E-state index < -0.39 is 10.7 Å². The Morgan fingerprint density at radius 1 is 1.44 bits per heavy atom. The molecule has 86 valence electrons. The molecular formula is C13H16O2S. The lowest BCUT2D eigenvalue weighted by molar-refractivity contribution is -0.143. The smallest absolute Gasteiger partial charge is 0.320 e. The molecule has 0 amide bonds. The second-order valence-electron chi connectivity index (χ2n) is 4.68. The Kier molecular flexibility index (Phi) is 2.98. The van der Waals surface area contributed by atoms with E-state index in [0.29, 0.717) is 5.92 Å². The van der Waals surface area contributed by atoms with Gasteiger partial charge in [0.25, 0.3) is 0 Å². The van der Waals surface area contributed by atoms with Crippen LogP contribution in [0.3, 0.4) is 0 Å². The summed E-state index contributed by atoms with van der Waals surface area (Å²) in [5.41, 5.74) is 1.16. The van der Waals surface area contributed by atoms with Crippen molar-refractivity contribution in [2.24, 2.45) is 5.92 Å². The molecule has 1 aromatic rings. The zero-order valence-corrected chi connectivity index (χ0v) is 10.4. The lowest BCUT2D eigenvalue weighted by Crippen LogP contribution is -2.46. The highest BCUT2D eigenvalue weighted by atomic mass is 32.2. The van der Waals surface area contributed by atoms with Crippen molar-refractivity contribution in [2.75, 3.05) is 0 Å². The van der Waals surface area contributed by atoms with Crippen molar-refractivity contribution >= 4 is 17.7 Å². The van der Waals surface area contributed by atoms with E-state index in [4.69, 9.17) is 0 Å². The minimum Gasteiger partial charge on any atom is -0.480 e. The maximum Gasteiger partial charge on any atom is 0.320 e. The number of carbonyl (C=O) groups is 1. The van der Waals surface area contributed by atoms with Crippen LogP contribution in [-0.2, 0) is 4.79 Å². The van der Waals surface area contributed by atoms with Crippen molar-refractivity contribution in [3.63, 3.8) is 0 Å². The molecular weight excluding hydrogens is 220 g/mol. The number of hydrogen-bond donors (Lipinski definition) is 1. The van der Waals surface area contributed by atoms with Gasteiger partial charge in [0, 0.05) is 4.90 Å². The van der Waals surface area contributed by atoms with Crippen molar-refractivity contribution in [2.45, 2.75) is 36.3 Å². The van der Waals surface area contributed by atoms with E-state index in [2.05, 4.69) is 6.92 Å². The molecule has 0 atom stereocenters. The van der Waals surface area contributed by atoms with E-state index in [0.717, 1.165) is 23.3 Å². The van der Waals surface area contributed by atoms with Gasteiger partial charge in [-0.2, -0.15) is 0 Å². The summed E-state index contributed by atoms with van der Waals surface area (Å²) >= 11 is 1.52. The first-order chi connectivity index (χ1) is 7.53. The van der Waals surface area contributed by atoms with Crippen molar-refractivity contribution in [3.8, 4) is 0 Å². The third kappa shape index (κ3) is 1.96. The molecule has 1 N–H and O–H groups in total. The summed E-state index contributed by atoms with van der Waals surface area (Å²) in [7, 11) is 0. The van der Waals surface area contributed by atoms with Crippen molar-refractivity contribution in [3.05, 3.63) is 29.8 Å². The molecule has 0 bridgehead atoms. The molecule has 0 aliphatic heterocycles. The topological polar surface area (TPSA) is 37.3 Å². The van der Waals surface area contributed by atoms with Crippen LogP contribution in [0.1, 0.15) is 25.3 Å². The molecule has 1 saturated carbocycles. The van der Waals surface area contributed by atoms with Crippen molar-refractivity contribution in [1.29, 1.82) is 0 Å². The number of hydrogen-bond acceptors (Lipinski definition) is 2. The standard InChI is InChI=1S/C13H16O2S/c1-9-7-13(8-9,12(14)15)16-11-6-4-3-5-10(11)2/h3-6,9H,7-8H2,1-2H3,(H,14,15). The summed E-state index contributed by atoms with van der Waals surface area (Å²) in [6.45, 7) is 4.14. The number of benzene rings is 1. The van der Waals surface area contributed by atoms with Gasteiger partial charge in [-0.1, -0.05) is 25.1 Å². The normalized spacial score (nSPS) is 28.5. The number of carboxylic acid groups (broad SMARTS) is 1.